The van der Waals surface area contributed by atoms with Crippen LogP contribution in [0.5, 0.6) is 0 Å². The van der Waals surface area contributed by atoms with Crippen LogP contribution in [0.2, 0.25) is 0 Å². The number of carboxylic acids is 1. The fourth-order valence-corrected chi connectivity index (χ4v) is 2.45. The van der Waals surface area contributed by atoms with Crippen molar-refractivity contribution in [1.29, 1.82) is 0 Å². The number of carbonyl (C=O) groups is 2. The van der Waals surface area contributed by atoms with E-state index in [2.05, 4.69) is 5.32 Å². The lowest BCUT2D eigenvalue weighted by atomic mass is 10.1. The topological polar surface area (TPSA) is 110 Å². The van der Waals surface area contributed by atoms with Crippen molar-refractivity contribution in [1.82, 2.24) is 0 Å². The quantitative estimate of drug-likeness (QED) is 0.666. The Morgan fingerprint density at radius 2 is 2.00 bits per heavy atom. The monoisotopic (exact) mass is 306 g/mol. The zero-order valence-corrected chi connectivity index (χ0v) is 11.6. The Morgan fingerprint density at radius 1 is 1.29 bits per heavy atom. The summed E-state index contributed by atoms with van der Waals surface area (Å²) in [7, 11) is 0. The van der Waals surface area contributed by atoms with Crippen molar-refractivity contribution >= 4 is 33.9 Å². The summed E-state index contributed by atoms with van der Waals surface area (Å²) < 4.78 is 0. The third-order valence-electron chi connectivity index (χ3n) is 2.74. The predicted octanol–water partition coefficient (Wildman–Crippen LogP) is 2.92. The first-order valence-electron chi connectivity index (χ1n) is 5.78. The summed E-state index contributed by atoms with van der Waals surface area (Å²) >= 11 is 0.730. The number of nitro groups is 1. The van der Waals surface area contributed by atoms with Crippen LogP contribution in [-0.2, 0) is 0 Å². The van der Waals surface area contributed by atoms with Crippen molar-refractivity contribution < 1.29 is 19.6 Å². The maximum Gasteiger partial charge on any atom is 0.337 e. The van der Waals surface area contributed by atoms with Crippen LogP contribution >= 0.6 is 11.3 Å². The van der Waals surface area contributed by atoms with Crippen molar-refractivity contribution in [2.75, 3.05) is 5.32 Å². The molecule has 1 heterocycles. The minimum atomic E-state index is -1.16. The minimum absolute atomic E-state index is 0.0330. The zero-order valence-electron chi connectivity index (χ0n) is 10.8. The van der Waals surface area contributed by atoms with Gasteiger partial charge in [0.2, 0.25) is 0 Å². The van der Waals surface area contributed by atoms with Gasteiger partial charge in [0.05, 0.1) is 21.1 Å². The fraction of sp³-hybridized carbons (Fsp3) is 0.0769. The summed E-state index contributed by atoms with van der Waals surface area (Å²) in [6.07, 6.45) is 0. The number of carboxylic acid groups (broad SMARTS) is 1. The van der Waals surface area contributed by atoms with Gasteiger partial charge in [-0.05, 0) is 24.6 Å². The van der Waals surface area contributed by atoms with Gasteiger partial charge in [-0.2, -0.15) is 0 Å². The number of hydrogen-bond donors (Lipinski definition) is 2. The number of hydrogen-bond acceptors (Lipinski definition) is 5. The normalized spacial score (nSPS) is 10.1. The van der Waals surface area contributed by atoms with Crippen molar-refractivity contribution in [3.63, 3.8) is 0 Å². The van der Waals surface area contributed by atoms with Gasteiger partial charge in [0.15, 0.2) is 0 Å². The van der Waals surface area contributed by atoms with E-state index in [4.69, 9.17) is 5.11 Å². The Labute approximate surface area is 123 Å². The molecule has 0 saturated carbocycles. The predicted molar refractivity (Wildman–Crippen MR) is 77.1 cm³/mol. The highest BCUT2D eigenvalue weighted by Gasteiger charge is 2.19. The molecule has 0 bridgehead atoms. The molecule has 8 heteroatoms. The molecular weight excluding hydrogens is 296 g/mol. The minimum Gasteiger partial charge on any atom is -0.478 e. The second-order valence-corrected chi connectivity index (χ2v) is 5.21. The van der Waals surface area contributed by atoms with E-state index in [0.717, 1.165) is 11.3 Å². The molecule has 0 aliphatic rings. The number of carbonyl (C=O) groups excluding carboxylic acids is 1. The number of benzene rings is 1. The molecule has 0 saturated heterocycles. The molecular formula is C13H10N2O5S. The summed E-state index contributed by atoms with van der Waals surface area (Å²) in [5.74, 6) is -1.74. The third kappa shape index (κ3) is 3.06. The molecule has 0 aliphatic carbocycles. The van der Waals surface area contributed by atoms with Gasteiger partial charge in [0.1, 0.15) is 0 Å². The van der Waals surface area contributed by atoms with Crippen LogP contribution in [-0.4, -0.2) is 21.9 Å². The molecule has 21 heavy (non-hydrogen) atoms. The van der Waals surface area contributed by atoms with Gasteiger partial charge >= 0.3 is 11.0 Å². The number of anilines is 1. The number of aromatic carboxylic acids is 1. The molecule has 0 fully saturated rings. The van der Waals surface area contributed by atoms with Crippen molar-refractivity contribution in [2.24, 2.45) is 0 Å². The van der Waals surface area contributed by atoms with Gasteiger partial charge in [0, 0.05) is 6.07 Å². The van der Waals surface area contributed by atoms with Crippen molar-refractivity contribution in [3.05, 3.63) is 56.5 Å². The van der Waals surface area contributed by atoms with E-state index in [0.29, 0.717) is 5.56 Å². The number of thiophene rings is 1. The summed E-state index contributed by atoms with van der Waals surface area (Å²) in [5.41, 5.74) is 0.745. The molecule has 7 nitrogen and oxygen atoms in total. The van der Waals surface area contributed by atoms with E-state index in [-0.39, 0.29) is 21.1 Å². The SMILES string of the molecule is Cc1cccc(C(=O)O)c1NC(=O)c1ccc([N+](=O)[O-])s1. The summed E-state index contributed by atoms with van der Waals surface area (Å²) in [5, 5.41) is 22.1. The summed E-state index contributed by atoms with van der Waals surface area (Å²) in [4.78, 5) is 33.4. The Hall–Kier alpha value is -2.74. The molecule has 0 spiro atoms. The molecule has 108 valence electrons. The van der Waals surface area contributed by atoms with Crippen molar-refractivity contribution in [3.8, 4) is 0 Å². The number of nitrogens with one attached hydrogen (secondary N) is 1. The summed E-state index contributed by atoms with van der Waals surface area (Å²) in [6.45, 7) is 1.67. The van der Waals surface area contributed by atoms with E-state index < -0.39 is 16.8 Å². The summed E-state index contributed by atoms with van der Waals surface area (Å²) in [6, 6.07) is 7.18. The number of para-hydroxylation sites is 1. The zero-order chi connectivity index (χ0) is 15.6. The van der Waals surface area contributed by atoms with Gasteiger partial charge in [-0.25, -0.2) is 4.79 Å². The van der Waals surface area contributed by atoms with Crippen LogP contribution in [0.15, 0.2) is 30.3 Å². The van der Waals surface area contributed by atoms with Crippen LogP contribution in [0.4, 0.5) is 10.7 Å². The van der Waals surface area contributed by atoms with E-state index in [1.807, 2.05) is 0 Å². The lowest BCUT2D eigenvalue weighted by Crippen LogP contribution is -2.14. The molecule has 1 aromatic heterocycles. The third-order valence-corrected chi connectivity index (χ3v) is 3.77. The maximum atomic E-state index is 12.1. The second-order valence-electron chi connectivity index (χ2n) is 4.15. The lowest BCUT2D eigenvalue weighted by Gasteiger charge is -2.10. The number of rotatable bonds is 4. The molecule has 0 atom stereocenters. The average Bonchev–Trinajstić information content (AvgIpc) is 2.90. The molecule has 1 aromatic carbocycles. The number of amides is 1. The van der Waals surface area contributed by atoms with Gasteiger partial charge < -0.3 is 10.4 Å². The van der Waals surface area contributed by atoms with Crippen LogP contribution in [0, 0.1) is 17.0 Å². The van der Waals surface area contributed by atoms with Gasteiger partial charge in [-0.15, -0.1) is 0 Å². The van der Waals surface area contributed by atoms with E-state index >= 15 is 0 Å². The van der Waals surface area contributed by atoms with Crippen LogP contribution < -0.4 is 5.32 Å². The van der Waals surface area contributed by atoms with Crippen molar-refractivity contribution in [2.45, 2.75) is 6.92 Å². The van der Waals surface area contributed by atoms with E-state index in [1.165, 1.54) is 18.2 Å². The van der Waals surface area contributed by atoms with E-state index in [9.17, 15) is 19.7 Å². The van der Waals surface area contributed by atoms with Crippen LogP contribution in [0.1, 0.15) is 25.6 Å². The first kappa shape index (κ1) is 14.7. The Kier molecular flexibility index (Phi) is 3.99. The number of nitrogens with zero attached hydrogens (tertiary/aromatic N) is 1. The molecule has 0 unspecified atom stereocenters. The van der Waals surface area contributed by atoms with Gasteiger partial charge in [0.25, 0.3) is 5.91 Å². The first-order valence-corrected chi connectivity index (χ1v) is 6.60. The fourth-order valence-electron chi connectivity index (χ4n) is 1.73. The number of aryl methyl sites for hydroxylation is 1. The molecule has 0 radical (unpaired) electrons. The lowest BCUT2D eigenvalue weighted by molar-refractivity contribution is -0.380. The van der Waals surface area contributed by atoms with Gasteiger partial charge in [-0.1, -0.05) is 23.5 Å². The smallest absolute Gasteiger partial charge is 0.337 e. The highest BCUT2D eigenvalue weighted by molar-refractivity contribution is 7.17. The Bertz CT molecular complexity index is 738. The second kappa shape index (κ2) is 5.71. The van der Waals surface area contributed by atoms with Crippen LogP contribution in [0.25, 0.3) is 0 Å². The highest BCUT2D eigenvalue weighted by atomic mass is 32.1. The van der Waals surface area contributed by atoms with Gasteiger partial charge in [-0.3, -0.25) is 14.9 Å². The first-order chi connectivity index (χ1) is 9.90. The average molecular weight is 306 g/mol. The maximum absolute atomic E-state index is 12.1. The highest BCUT2D eigenvalue weighted by Crippen LogP contribution is 2.26. The van der Waals surface area contributed by atoms with Crippen LogP contribution in [0.3, 0.4) is 0 Å². The molecule has 1 amide bonds. The Morgan fingerprint density at radius 3 is 2.57 bits per heavy atom. The Balaban J connectivity index is 2.31. The molecule has 2 rings (SSSR count). The molecule has 2 N–H and O–H groups in total. The standard InChI is InChI=1S/C13H10N2O5S/c1-7-3-2-4-8(13(17)18)11(7)14-12(16)9-5-6-10(21-9)15(19)20/h2-6H,1H3,(H,14,16)(H,17,18). The van der Waals surface area contributed by atoms with E-state index in [1.54, 1.807) is 19.1 Å². The molecule has 0 aliphatic heterocycles. The molecule has 2 aromatic rings. The largest absolute Gasteiger partial charge is 0.478 e.